The highest BCUT2D eigenvalue weighted by Crippen LogP contribution is 2.28. The summed E-state index contributed by atoms with van der Waals surface area (Å²) in [5.41, 5.74) is 1.59. The molecule has 5 nitrogen and oxygen atoms in total. The molecule has 1 atom stereocenters. The van der Waals surface area contributed by atoms with Gasteiger partial charge in [-0.2, -0.15) is 0 Å². The van der Waals surface area contributed by atoms with Crippen molar-refractivity contribution in [2.24, 2.45) is 5.92 Å². The summed E-state index contributed by atoms with van der Waals surface area (Å²) in [7, 11) is 1.78. The highest BCUT2D eigenvalue weighted by atomic mass is 32.1. The van der Waals surface area contributed by atoms with E-state index < -0.39 is 0 Å². The molecule has 0 radical (unpaired) electrons. The minimum atomic E-state index is -0.325. The van der Waals surface area contributed by atoms with E-state index in [4.69, 9.17) is 0 Å². The third-order valence-electron chi connectivity index (χ3n) is 5.17. The number of nitrogens with zero attached hydrogens (tertiary/aromatic N) is 3. The molecule has 3 aromatic rings. The molecule has 1 aliphatic heterocycles. The molecular weight excluding hydrogens is 421 g/mol. The molecule has 8 heteroatoms. The average Bonchev–Trinajstić information content (AvgIpc) is 3.41. The number of aromatic nitrogens is 1. The van der Waals surface area contributed by atoms with Gasteiger partial charge in [-0.25, -0.2) is 9.37 Å². The smallest absolute Gasteiger partial charge is 0.227 e. The first kappa shape index (κ1) is 20.7. The maximum absolute atomic E-state index is 13.5. The van der Waals surface area contributed by atoms with Crippen LogP contribution < -0.4 is 0 Å². The van der Waals surface area contributed by atoms with Crippen LogP contribution in [-0.2, 0) is 22.7 Å². The van der Waals surface area contributed by atoms with Crippen molar-refractivity contribution in [1.29, 1.82) is 0 Å². The molecule has 1 aliphatic rings. The molecule has 0 bridgehead atoms. The summed E-state index contributed by atoms with van der Waals surface area (Å²) >= 11 is 3.22. The third kappa shape index (κ3) is 4.76. The number of rotatable bonds is 6. The number of thiophene rings is 1. The zero-order chi connectivity index (χ0) is 21.1. The van der Waals surface area contributed by atoms with Gasteiger partial charge in [0.1, 0.15) is 10.8 Å². The summed E-state index contributed by atoms with van der Waals surface area (Å²) in [6.07, 6.45) is 0.873. The lowest BCUT2D eigenvalue weighted by Crippen LogP contribution is -2.45. The number of piperidine rings is 1. The molecule has 1 saturated heterocycles. The lowest BCUT2D eigenvalue weighted by molar-refractivity contribution is -0.143. The van der Waals surface area contributed by atoms with Gasteiger partial charge in [0.25, 0.3) is 0 Å². The highest BCUT2D eigenvalue weighted by molar-refractivity contribution is 7.20. The molecule has 0 unspecified atom stereocenters. The molecule has 0 aliphatic carbocycles. The quantitative estimate of drug-likeness (QED) is 0.567. The van der Waals surface area contributed by atoms with Crippen molar-refractivity contribution >= 4 is 34.5 Å². The molecule has 2 aromatic heterocycles. The molecule has 156 valence electrons. The Morgan fingerprint density at radius 3 is 2.93 bits per heavy atom. The standard InChI is InChI=1S/C22H22FN3O2S2/c1-25(13-18-14-30-21(24-18)19-6-3-9-29-19)22(28)16-7-8-20(27)26(12-16)11-15-4-2-5-17(23)10-15/h2-6,9-10,14,16H,7-8,11-13H2,1H3/t16-/m1/s1. The summed E-state index contributed by atoms with van der Waals surface area (Å²) in [5.74, 6) is -0.561. The SMILES string of the molecule is CN(Cc1csc(-c2cccs2)n1)C(=O)[C@@H]1CCC(=O)N(Cc2cccc(F)c2)C1. The Balaban J connectivity index is 1.38. The van der Waals surface area contributed by atoms with E-state index in [-0.39, 0.29) is 23.5 Å². The largest absolute Gasteiger partial charge is 0.340 e. The van der Waals surface area contributed by atoms with Crippen LogP contribution in [0.15, 0.2) is 47.2 Å². The van der Waals surface area contributed by atoms with Crippen LogP contribution >= 0.6 is 22.7 Å². The van der Waals surface area contributed by atoms with Crippen LogP contribution in [-0.4, -0.2) is 40.2 Å². The Labute approximate surface area is 182 Å². The van der Waals surface area contributed by atoms with Crippen LogP contribution in [0.2, 0.25) is 0 Å². The number of amides is 2. The molecule has 0 N–H and O–H groups in total. The minimum absolute atomic E-state index is 0.00561. The molecule has 3 heterocycles. The van der Waals surface area contributed by atoms with Gasteiger partial charge in [0.05, 0.1) is 23.0 Å². The Morgan fingerprint density at radius 1 is 1.30 bits per heavy atom. The second-order valence-corrected chi connectivity index (χ2v) is 9.26. The van der Waals surface area contributed by atoms with Gasteiger partial charge < -0.3 is 9.80 Å². The van der Waals surface area contributed by atoms with Crippen molar-refractivity contribution in [3.63, 3.8) is 0 Å². The molecule has 0 spiro atoms. The van der Waals surface area contributed by atoms with E-state index >= 15 is 0 Å². The average molecular weight is 444 g/mol. The number of likely N-dealkylation sites (tertiary alicyclic amines) is 1. The number of hydrogen-bond donors (Lipinski definition) is 0. The molecule has 30 heavy (non-hydrogen) atoms. The molecule has 4 rings (SSSR count). The zero-order valence-electron chi connectivity index (χ0n) is 16.6. The van der Waals surface area contributed by atoms with E-state index in [1.54, 1.807) is 51.7 Å². The summed E-state index contributed by atoms with van der Waals surface area (Å²) in [6, 6.07) is 10.3. The number of hydrogen-bond acceptors (Lipinski definition) is 5. The monoisotopic (exact) mass is 443 g/mol. The Hall–Kier alpha value is -2.58. The first-order chi connectivity index (χ1) is 14.5. The van der Waals surface area contributed by atoms with Crippen molar-refractivity contribution < 1.29 is 14.0 Å². The van der Waals surface area contributed by atoms with Gasteiger partial charge in [0.15, 0.2) is 0 Å². The maximum Gasteiger partial charge on any atom is 0.227 e. The van der Waals surface area contributed by atoms with E-state index in [0.717, 1.165) is 21.1 Å². The Bertz CT molecular complexity index is 1030. The number of carbonyl (C=O) groups excluding carboxylic acids is 2. The number of benzene rings is 1. The normalized spacial score (nSPS) is 16.7. The molecule has 2 amide bonds. The summed E-state index contributed by atoms with van der Waals surface area (Å²) in [4.78, 5) is 34.4. The molecule has 1 aromatic carbocycles. The predicted molar refractivity (Wildman–Crippen MR) is 116 cm³/mol. The Kier molecular flexibility index (Phi) is 6.24. The topological polar surface area (TPSA) is 53.5 Å². The van der Waals surface area contributed by atoms with Gasteiger partial charge >= 0.3 is 0 Å². The lowest BCUT2D eigenvalue weighted by Gasteiger charge is -2.33. The first-order valence-corrected chi connectivity index (χ1v) is 11.5. The first-order valence-electron chi connectivity index (χ1n) is 9.75. The Morgan fingerprint density at radius 2 is 2.17 bits per heavy atom. The highest BCUT2D eigenvalue weighted by Gasteiger charge is 2.32. The van der Waals surface area contributed by atoms with E-state index in [1.165, 1.54) is 12.1 Å². The fourth-order valence-electron chi connectivity index (χ4n) is 3.65. The van der Waals surface area contributed by atoms with Crippen molar-refractivity contribution in [1.82, 2.24) is 14.8 Å². The minimum Gasteiger partial charge on any atom is -0.340 e. The molecule has 1 fully saturated rings. The number of thiazole rings is 1. The summed E-state index contributed by atoms with van der Waals surface area (Å²) < 4.78 is 13.5. The number of halogens is 1. The van der Waals surface area contributed by atoms with Crippen LogP contribution in [0, 0.1) is 11.7 Å². The van der Waals surface area contributed by atoms with Gasteiger partial charge in [0.2, 0.25) is 11.8 Å². The van der Waals surface area contributed by atoms with Gasteiger partial charge in [-0.1, -0.05) is 18.2 Å². The summed E-state index contributed by atoms with van der Waals surface area (Å²) in [6.45, 7) is 1.12. The van der Waals surface area contributed by atoms with Crippen molar-refractivity contribution in [3.8, 4) is 9.88 Å². The van der Waals surface area contributed by atoms with Crippen molar-refractivity contribution in [3.05, 3.63) is 64.2 Å². The third-order valence-corrected chi connectivity index (χ3v) is 7.10. The summed E-state index contributed by atoms with van der Waals surface area (Å²) in [5, 5.41) is 4.97. The fraction of sp³-hybridized carbons (Fsp3) is 0.318. The predicted octanol–water partition coefficient (Wildman–Crippen LogP) is 4.41. The van der Waals surface area contributed by atoms with Gasteiger partial charge in [-0.05, 0) is 35.6 Å². The van der Waals surface area contributed by atoms with Crippen LogP contribution in [0.3, 0.4) is 0 Å². The molecule has 0 saturated carbocycles. The van der Waals surface area contributed by atoms with Gasteiger partial charge in [-0.3, -0.25) is 9.59 Å². The van der Waals surface area contributed by atoms with E-state index in [1.807, 2.05) is 22.9 Å². The maximum atomic E-state index is 13.5. The molecular formula is C22H22FN3O2S2. The van der Waals surface area contributed by atoms with Gasteiger partial charge in [-0.15, -0.1) is 22.7 Å². The van der Waals surface area contributed by atoms with E-state index in [9.17, 15) is 14.0 Å². The van der Waals surface area contributed by atoms with E-state index in [2.05, 4.69) is 4.98 Å². The second-order valence-electron chi connectivity index (χ2n) is 7.46. The van der Waals surface area contributed by atoms with Crippen LogP contribution in [0.1, 0.15) is 24.1 Å². The second kappa shape index (κ2) is 9.06. The van der Waals surface area contributed by atoms with Crippen LogP contribution in [0.4, 0.5) is 4.39 Å². The van der Waals surface area contributed by atoms with Crippen molar-refractivity contribution in [2.75, 3.05) is 13.6 Å². The van der Waals surface area contributed by atoms with Crippen LogP contribution in [0.25, 0.3) is 9.88 Å². The zero-order valence-corrected chi connectivity index (χ0v) is 18.2. The van der Waals surface area contributed by atoms with Crippen molar-refractivity contribution in [2.45, 2.75) is 25.9 Å². The van der Waals surface area contributed by atoms with Gasteiger partial charge in [0, 0.05) is 31.9 Å². The lowest BCUT2D eigenvalue weighted by atomic mass is 9.95. The van der Waals surface area contributed by atoms with E-state index in [0.29, 0.717) is 32.5 Å². The fourth-order valence-corrected chi connectivity index (χ4v) is 5.28. The van der Waals surface area contributed by atoms with Crippen LogP contribution in [0.5, 0.6) is 0 Å². The number of carbonyl (C=O) groups is 2.